The van der Waals surface area contributed by atoms with E-state index in [1.54, 1.807) is 54.6 Å². The number of pyridine rings is 1. The van der Waals surface area contributed by atoms with Gasteiger partial charge in [-0.1, -0.05) is 53.2 Å². The van der Waals surface area contributed by atoms with E-state index in [1.165, 1.54) is 16.7 Å². The summed E-state index contributed by atoms with van der Waals surface area (Å²) in [5, 5.41) is 12.2. The number of hydrogen-bond acceptors (Lipinski definition) is 5. The first-order chi connectivity index (χ1) is 16.3. The van der Waals surface area contributed by atoms with E-state index in [9.17, 15) is 19.1 Å². The molecule has 0 atom stereocenters. The highest BCUT2D eigenvalue weighted by atomic mass is 35.5. The van der Waals surface area contributed by atoms with Crippen molar-refractivity contribution in [3.63, 3.8) is 0 Å². The van der Waals surface area contributed by atoms with Crippen LogP contribution >= 0.6 is 35.0 Å². The lowest BCUT2D eigenvalue weighted by atomic mass is 10.1. The van der Waals surface area contributed by atoms with E-state index in [2.05, 4.69) is 0 Å². The first-order valence-electron chi connectivity index (χ1n) is 10.0. The Labute approximate surface area is 206 Å². The van der Waals surface area contributed by atoms with Gasteiger partial charge in [0.25, 0.3) is 5.56 Å². The van der Waals surface area contributed by atoms with Crippen molar-refractivity contribution >= 4 is 56.8 Å². The molecule has 1 N–H and O–H groups in total. The molecule has 34 heavy (non-hydrogen) atoms. The molecule has 0 amide bonds. The molecule has 0 aliphatic heterocycles. The molecule has 9 heteroatoms. The standard InChI is InChI=1S/C25H14Cl2FNO4S/c26-14-2-1-3-17(10-14)34-23-21(30)20-22(33-25(23)32)18-9-6-15(27)11-19(18)29(24(20)31)12-13-4-7-16(28)8-5-13/h1-11,30H,12H2. The van der Waals surface area contributed by atoms with Gasteiger partial charge in [0.1, 0.15) is 16.1 Å². The summed E-state index contributed by atoms with van der Waals surface area (Å²) in [6, 6.07) is 17.2. The number of benzene rings is 3. The molecule has 0 unspecified atom stereocenters. The average molecular weight is 514 g/mol. The predicted octanol–water partition coefficient (Wildman–Crippen LogP) is 6.46. The summed E-state index contributed by atoms with van der Waals surface area (Å²) >= 11 is 13.2. The van der Waals surface area contributed by atoms with Gasteiger partial charge in [0.2, 0.25) is 0 Å². The number of halogens is 3. The van der Waals surface area contributed by atoms with Gasteiger partial charge in [-0.25, -0.2) is 9.18 Å². The number of aromatic nitrogens is 1. The molecule has 0 spiro atoms. The van der Waals surface area contributed by atoms with Crippen molar-refractivity contribution in [2.45, 2.75) is 16.3 Å². The zero-order valence-electron chi connectivity index (χ0n) is 17.2. The summed E-state index contributed by atoms with van der Waals surface area (Å²) in [6.07, 6.45) is 0. The van der Waals surface area contributed by atoms with Crippen molar-refractivity contribution in [1.29, 1.82) is 0 Å². The van der Waals surface area contributed by atoms with Crippen LogP contribution in [0.25, 0.3) is 21.9 Å². The van der Waals surface area contributed by atoms with Crippen molar-refractivity contribution in [3.8, 4) is 5.75 Å². The molecule has 0 aliphatic carbocycles. The molecule has 5 rings (SSSR count). The molecule has 2 aromatic heterocycles. The van der Waals surface area contributed by atoms with E-state index in [-0.39, 0.29) is 22.4 Å². The highest BCUT2D eigenvalue weighted by molar-refractivity contribution is 7.99. The second-order valence-electron chi connectivity index (χ2n) is 7.51. The van der Waals surface area contributed by atoms with Gasteiger partial charge in [-0.15, -0.1) is 0 Å². The zero-order chi connectivity index (χ0) is 24.0. The number of fused-ring (bicyclic) bond motifs is 3. The van der Waals surface area contributed by atoms with Crippen LogP contribution in [-0.4, -0.2) is 9.67 Å². The van der Waals surface area contributed by atoms with Crippen molar-refractivity contribution in [1.82, 2.24) is 4.57 Å². The van der Waals surface area contributed by atoms with Gasteiger partial charge in [-0.05, 0) is 54.1 Å². The molecule has 0 radical (unpaired) electrons. The van der Waals surface area contributed by atoms with Gasteiger partial charge in [-0.2, -0.15) is 0 Å². The lowest BCUT2D eigenvalue weighted by molar-refractivity contribution is 0.446. The Hall–Kier alpha value is -3.26. The summed E-state index contributed by atoms with van der Waals surface area (Å²) in [5.41, 5.74) is -0.336. The van der Waals surface area contributed by atoms with Crippen molar-refractivity contribution in [2.24, 2.45) is 0 Å². The molecule has 0 aliphatic rings. The molecule has 170 valence electrons. The molecule has 5 aromatic rings. The summed E-state index contributed by atoms with van der Waals surface area (Å²) in [5.74, 6) is -0.879. The second kappa shape index (κ2) is 8.83. The minimum absolute atomic E-state index is 0.0371. The second-order valence-corrected chi connectivity index (χ2v) is 9.47. The summed E-state index contributed by atoms with van der Waals surface area (Å²) in [6.45, 7) is 0.0846. The molecule has 0 saturated heterocycles. The minimum Gasteiger partial charge on any atom is -0.505 e. The topological polar surface area (TPSA) is 72.4 Å². The van der Waals surface area contributed by atoms with E-state index in [1.807, 2.05) is 0 Å². The Morgan fingerprint density at radius 3 is 2.44 bits per heavy atom. The molecule has 2 heterocycles. The van der Waals surface area contributed by atoms with E-state index in [4.69, 9.17) is 27.6 Å². The van der Waals surface area contributed by atoms with Crippen LogP contribution in [0.4, 0.5) is 4.39 Å². The highest BCUT2D eigenvalue weighted by Crippen LogP contribution is 2.38. The molecule has 3 aromatic carbocycles. The van der Waals surface area contributed by atoms with Crippen LogP contribution in [0.3, 0.4) is 0 Å². The van der Waals surface area contributed by atoms with Crippen LogP contribution in [0.1, 0.15) is 5.56 Å². The maximum absolute atomic E-state index is 13.6. The maximum atomic E-state index is 13.6. The zero-order valence-corrected chi connectivity index (χ0v) is 19.5. The van der Waals surface area contributed by atoms with Gasteiger partial charge >= 0.3 is 5.63 Å². The lowest BCUT2D eigenvalue weighted by Gasteiger charge is -2.14. The molecular weight excluding hydrogens is 500 g/mol. The number of rotatable bonds is 4. The Kier molecular flexibility index (Phi) is 5.85. The third kappa shape index (κ3) is 4.07. The summed E-state index contributed by atoms with van der Waals surface area (Å²) < 4.78 is 20.3. The summed E-state index contributed by atoms with van der Waals surface area (Å²) in [4.78, 5) is 26.9. The average Bonchev–Trinajstić information content (AvgIpc) is 2.80. The fourth-order valence-corrected chi connectivity index (χ4v) is 5.04. The van der Waals surface area contributed by atoms with Crippen LogP contribution in [0.5, 0.6) is 5.75 Å². The van der Waals surface area contributed by atoms with Crippen LogP contribution in [0.2, 0.25) is 10.0 Å². The quantitative estimate of drug-likeness (QED) is 0.279. The third-order valence-electron chi connectivity index (χ3n) is 5.28. The summed E-state index contributed by atoms with van der Waals surface area (Å²) in [7, 11) is 0. The lowest BCUT2D eigenvalue weighted by Crippen LogP contribution is -2.23. The first-order valence-corrected chi connectivity index (χ1v) is 11.6. The normalized spacial score (nSPS) is 11.4. The maximum Gasteiger partial charge on any atom is 0.354 e. The highest BCUT2D eigenvalue weighted by Gasteiger charge is 2.22. The SMILES string of the molecule is O=c1oc2c(c(O)c1Sc1cccc(Cl)c1)c(=O)n(Cc1ccc(F)cc1)c1cc(Cl)ccc21. The van der Waals surface area contributed by atoms with Crippen LogP contribution in [0, 0.1) is 5.82 Å². The smallest absolute Gasteiger partial charge is 0.354 e. The Morgan fingerprint density at radius 2 is 1.71 bits per heavy atom. The van der Waals surface area contributed by atoms with Gasteiger partial charge < -0.3 is 14.1 Å². The van der Waals surface area contributed by atoms with Gasteiger partial charge in [-0.3, -0.25) is 4.79 Å². The molecule has 5 nitrogen and oxygen atoms in total. The Balaban J connectivity index is 1.79. The number of hydrogen-bond donors (Lipinski definition) is 1. The minimum atomic E-state index is -0.790. The largest absolute Gasteiger partial charge is 0.505 e. The fraction of sp³-hybridized carbons (Fsp3) is 0.0400. The molecular formula is C25H14Cl2FNO4S. The van der Waals surface area contributed by atoms with Crippen molar-refractivity contribution in [3.05, 3.63) is 109 Å². The van der Waals surface area contributed by atoms with E-state index in [0.717, 1.165) is 11.8 Å². The molecule has 0 bridgehead atoms. The number of aromatic hydroxyl groups is 1. The third-order valence-corrected chi connectivity index (χ3v) is 6.81. The van der Waals surface area contributed by atoms with Crippen molar-refractivity contribution < 1.29 is 13.9 Å². The van der Waals surface area contributed by atoms with Crippen LogP contribution in [0.15, 0.2) is 90.5 Å². The van der Waals surface area contributed by atoms with Gasteiger partial charge in [0, 0.05) is 20.3 Å². The monoisotopic (exact) mass is 513 g/mol. The van der Waals surface area contributed by atoms with Crippen LogP contribution in [-0.2, 0) is 6.54 Å². The predicted molar refractivity (Wildman–Crippen MR) is 132 cm³/mol. The number of nitrogens with zero attached hydrogens (tertiary/aromatic N) is 1. The molecule has 0 fully saturated rings. The van der Waals surface area contributed by atoms with Gasteiger partial charge in [0.15, 0.2) is 11.3 Å². The van der Waals surface area contributed by atoms with Crippen molar-refractivity contribution in [2.75, 3.05) is 0 Å². The first kappa shape index (κ1) is 22.5. The van der Waals surface area contributed by atoms with E-state index in [0.29, 0.717) is 31.4 Å². The Morgan fingerprint density at radius 1 is 0.971 bits per heavy atom. The molecule has 0 saturated carbocycles. The van der Waals surface area contributed by atoms with Crippen LogP contribution < -0.4 is 11.2 Å². The van der Waals surface area contributed by atoms with E-state index < -0.39 is 22.8 Å². The Bertz CT molecular complexity index is 1700. The van der Waals surface area contributed by atoms with E-state index >= 15 is 0 Å². The van der Waals surface area contributed by atoms with Gasteiger partial charge in [0.05, 0.1) is 12.1 Å². The fourth-order valence-electron chi connectivity index (χ4n) is 3.73.